The molecule has 0 amide bonds. The van der Waals surface area contributed by atoms with Gasteiger partial charge in [0.2, 0.25) is 10.0 Å². The Hall–Kier alpha value is -2.05. The number of fused-ring (bicyclic) bond motifs is 1. The van der Waals surface area contributed by atoms with E-state index in [4.69, 9.17) is 9.47 Å². The van der Waals surface area contributed by atoms with Crippen molar-refractivity contribution >= 4 is 10.0 Å². The monoisotopic (exact) mass is 375 g/mol. The summed E-state index contributed by atoms with van der Waals surface area (Å²) in [6, 6.07) is 13.3. The second-order valence-corrected chi connectivity index (χ2v) is 8.56. The van der Waals surface area contributed by atoms with E-state index in [0.29, 0.717) is 19.4 Å². The zero-order valence-electron chi connectivity index (χ0n) is 15.4. The van der Waals surface area contributed by atoms with Crippen molar-refractivity contribution in [1.82, 2.24) is 4.31 Å². The van der Waals surface area contributed by atoms with Gasteiger partial charge >= 0.3 is 0 Å². The highest BCUT2D eigenvalue weighted by atomic mass is 32.2. The third-order valence-electron chi connectivity index (χ3n) is 4.97. The van der Waals surface area contributed by atoms with Crippen LogP contribution in [0.3, 0.4) is 0 Å². The van der Waals surface area contributed by atoms with Crippen molar-refractivity contribution in [2.75, 3.05) is 26.5 Å². The van der Waals surface area contributed by atoms with Crippen molar-refractivity contribution in [2.24, 2.45) is 0 Å². The molecule has 0 fully saturated rings. The van der Waals surface area contributed by atoms with Crippen LogP contribution in [0.2, 0.25) is 0 Å². The molecule has 1 unspecified atom stereocenters. The normalized spacial score (nSPS) is 17.6. The van der Waals surface area contributed by atoms with Gasteiger partial charge in [0.05, 0.1) is 20.0 Å². The maximum absolute atomic E-state index is 12.9. The number of rotatable bonds is 6. The van der Waals surface area contributed by atoms with Gasteiger partial charge in [-0.1, -0.05) is 18.2 Å². The lowest BCUT2D eigenvalue weighted by Crippen LogP contribution is -2.40. The summed E-state index contributed by atoms with van der Waals surface area (Å²) in [5.74, 6) is 1.65. The number of nitrogens with zero attached hydrogens (tertiary/aromatic N) is 1. The van der Waals surface area contributed by atoms with Gasteiger partial charge in [0.15, 0.2) is 0 Å². The van der Waals surface area contributed by atoms with Crippen molar-refractivity contribution in [2.45, 2.75) is 25.8 Å². The summed E-state index contributed by atoms with van der Waals surface area (Å²) in [4.78, 5) is 0. The first kappa shape index (κ1) is 18.7. The van der Waals surface area contributed by atoms with Crippen molar-refractivity contribution in [3.8, 4) is 11.5 Å². The van der Waals surface area contributed by atoms with Crippen LogP contribution < -0.4 is 9.47 Å². The summed E-state index contributed by atoms with van der Waals surface area (Å²) in [6.45, 7) is 2.45. The molecule has 1 atom stereocenters. The lowest BCUT2D eigenvalue weighted by molar-refractivity contribution is 0.325. The van der Waals surface area contributed by atoms with Crippen LogP contribution in [0.15, 0.2) is 42.5 Å². The molecule has 0 aliphatic carbocycles. The molecule has 2 aromatic rings. The summed E-state index contributed by atoms with van der Waals surface area (Å²) < 4.78 is 38.0. The van der Waals surface area contributed by atoms with Gasteiger partial charge in [0.25, 0.3) is 0 Å². The van der Waals surface area contributed by atoms with Crippen molar-refractivity contribution < 1.29 is 17.9 Å². The van der Waals surface area contributed by atoms with E-state index < -0.39 is 10.0 Å². The number of ether oxygens (including phenoxy) is 2. The van der Waals surface area contributed by atoms with E-state index in [2.05, 4.69) is 0 Å². The summed E-state index contributed by atoms with van der Waals surface area (Å²) >= 11 is 0. The molecule has 26 heavy (non-hydrogen) atoms. The Morgan fingerprint density at radius 3 is 2.54 bits per heavy atom. The standard InChI is InChI=1S/C20H25NO4S/c1-15-20-8-7-19(25-3)14-17(20)9-11-21(15)26(22,23)12-10-16-5-4-6-18(13-16)24-2/h4-8,13-15H,9-12H2,1-3H3. The molecular weight excluding hydrogens is 350 g/mol. The van der Waals surface area contributed by atoms with E-state index in [1.165, 1.54) is 0 Å². The molecule has 140 valence electrons. The van der Waals surface area contributed by atoms with Crippen LogP contribution in [-0.4, -0.2) is 39.2 Å². The quantitative estimate of drug-likeness (QED) is 0.778. The molecule has 0 radical (unpaired) electrons. The molecular formula is C20H25NO4S. The molecule has 5 nitrogen and oxygen atoms in total. The maximum Gasteiger partial charge on any atom is 0.214 e. The molecule has 6 heteroatoms. The number of aryl methyl sites for hydroxylation is 1. The molecule has 1 heterocycles. The van der Waals surface area contributed by atoms with Crippen LogP contribution >= 0.6 is 0 Å². The molecule has 1 aliphatic rings. The molecule has 0 spiro atoms. The van der Waals surface area contributed by atoms with Crippen LogP contribution in [0.4, 0.5) is 0 Å². The van der Waals surface area contributed by atoms with E-state index in [1.807, 2.05) is 49.4 Å². The third kappa shape index (κ3) is 3.86. The number of methoxy groups -OCH3 is 2. The Bertz CT molecular complexity index is 879. The predicted molar refractivity (Wildman–Crippen MR) is 102 cm³/mol. The van der Waals surface area contributed by atoms with Crippen molar-refractivity contribution in [3.05, 3.63) is 59.2 Å². The molecule has 3 rings (SSSR count). The Morgan fingerprint density at radius 2 is 1.81 bits per heavy atom. The minimum Gasteiger partial charge on any atom is -0.497 e. The summed E-state index contributed by atoms with van der Waals surface area (Å²) in [5.41, 5.74) is 3.18. The fourth-order valence-corrected chi connectivity index (χ4v) is 5.18. The van der Waals surface area contributed by atoms with Gasteiger partial charge < -0.3 is 9.47 Å². The van der Waals surface area contributed by atoms with Crippen LogP contribution in [0, 0.1) is 0 Å². The first-order valence-corrected chi connectivity index (χ1v) is 10.3. The fourth-order valence-electron chi connectivity index (χ4n) is 3.48. The third-order valence-corrected chi connectivity index (χ3v) is 6.91. The largest absolute Gasteiger partial charge is 0.497 e. The number of sulfonamides is 1. The molecule has 0 saturated carbocycles. The number of hydrogen-bond acceptors (Lipinski definition) is 4. The summed E-state index contributed by atoms with van der Waals surface area (Å²) in [7, 11) is -0.0964. The second-order valence-electron chi connectivity index (χ2n) is 6.52. The highest BCUT2D eigenvalue weighted by molar-refractivity contribution is 7.89. The highest BCUT2D eigenvalue weighted by Crippen LogP contribution is 2.33. The van der Waals surface area contributed by atoms with E-state index in [1.54, 1.807) is 18.5 Å². The molecule has 0 saturated heterocycles. The zero-order chi connectivity index (χ0) is 18.7. The Balaban J connectivity index is 1.74. The van der Waals surface area contributed by atoms with Crippen LogP contribution in [0.5, 0.6) is 11.5 Å². The molecule has 2 aromatic carbocycles. The lowest BCUT2D eigenvalue weighted by atomic mass is 9.95. The van der Waals surface area contributed by atoms with E-state index in [-0.39, 0.29) is 11.8 Å². The number of benzene rings is 2. The fraction of sp³-hybridized carbons (Fsp3) is 0.400. The Kier molecular flexibility index (Phi) is 5.53. The van der Waals surface area contributed by atoms with Gasteiger partial charge in [-0.15, -0.1) is 0 Å². The maximum atomic E-state index is 12.9. The smallest absolute Gasteiger partial charge is 0.214 e. The molecule has 1 aliphatic heterocycles. The Labute approximate surface area is 155 Å². The summed E-state index contributed by atoms with van der Waals surface area (Å²) in [6.07, 6.45) is 1.17. The van der Waals surface area contributed by atoms with Gasteiger partial charge in [-0.2, -0.15) is 4.31 Å². The minimum atomic E-state index is -3.35. The van der Waals surface area contributed by atoms with Crippen molar-refractivity contribution in [1.29, 1.82) is 0 Å². The average molecular weight is 375 g/mol. The van der Waals surface area contributed by atoms with Gasteiger partial charge in [0.1, 0.15) is 11.5 Å². The van der Waals surface area contributed by atoms with E-state index in [0.717, 1.165) is 28.2 Å². The van der Waals surface area contributed by atoms with E-state index in [9.17, 15) is 8.42 Å². The second kappa shape index (κ2) is 7.68. The van der Waals surface area contributed by atoms with Gasteiger partial charge in [-0.05, 0) is 60.7 Å². The van der Waals surface area contributed by atoms with E-state index >= 15 is 0 Å². The van der Waals surface area contributed by atoms with Crippen LogP contribution in [0.25, 0.3) is 0 Å². The lowest BCUT2D eigenvalue weighted by Gasteiger charge is -2.34. The van der Waals surface area contributed by atoms with Crippen LogP contribution in [-0.2, 0) is 22.9 Å². The number of hydrogen-bond donors (Lipinski definition) is 0. The van der Waals surface area contributed by atoms with Gasteiger partial charge in [-0.3, -0.25) is 0 Å². The zero-order valence-corrected chi connectivity index (χ0v) is 16.3. The highest BCUT2D eigenvalue weighted by Gasteiger charge is 2.32. The molecule has 0 N–H and O–H groups in total. The Morgan fingerprint density at radius 1 is 1.08 bits per heavy atom. The van der Waals surface area contributed by atoms with Gasteiger partial charge in [-0.25, -0.2) is 8.42 Å². The van der Waals surface area contributed by atoms with Crippen molar-refractivity contribution in [3.63, 3.8) is 0 Å². The predicted octanol–water partition coefficient (Wildman–Crippen LogP) is 3.20. The first-order chi connectivity index (χ1) is 12.4. The SMILES string of the molecule is COc1cccc(CCS(=O)(=O)N2CCc3cc(OC)ccc3C2C)c1. The minimum absolute atomic E-state index is 0.0932. The van der Waals surface area contributed by atoms with Crippen LogP contribution in [0.1, 0.15) is 29.7 Å². The molecule has 0 bridgehead atoms. The first-order valence-electron chi connectivity index (χ1n) is 8.74. The topological polar surface area (TPSA) is 55.8 Å². The van der Waals surface area contributed by atoms with Gasteiger partial charge in [0, 0.05) is 12.6 Å². The average Bonchev–Trinajstić information content (AvgIpc) is 2.66. The summed E-state index contributed by atoms with van der Waals surface area (Å²) in [5, 5.41) is 0. The molecule has 0 aromatic heterocycles.